The summed E-state index contributed by atoms with van der Waals surface area (Å²) in [5, 5.41) is 0.496. The summed E-state index contributed by atoms with van der Waals surface area (Å²) in [6.45, 7) is -0.319. The van der Waals surface area contributed by atoms with E-state index in [1.165, 1.54) is 11.9 Å². The summed E-state index contributed by atoms with van der Waals surface area (Å²) in [6, 6.07) is 6.62. The SMILES string of the molecule is CC(c1ccccc1Cl)N(C)C(=O)COCC(F)(F)F. The molecule has 0 heterocycles. The number of carbonyl (C=O) groups is 1. The van der Waals surface area contributed by atoms with Gasteiger partial charge in [0.15, 0.2) is 0 Å². The van der Waals surface area contributed by atoms with E-state index in [4.69, 9.17) is 11.6 Å². The number of likely N-dealkylation sites (N-methyl/N-ethyl adjacent to an activating group) is 1. The van der Waals surface area contributed by atoms with Gasteiger partial charge in [0.05, 0.1) is 6.04 Å². The highest BCUT2D eigenvalue weighted by Crippen LogP contribution is 2.26. The summed E-state index contributed by atoms with van der Waals surface area (Å²) in [5.41, 5.74) is 0.723. The fraction of sp³-hybridized carbons (Fsp3) is 0.462. The predicted molar refractivity (Wildman–Crippen MR) is 69.5 cm³/mol. The fourth-order valence-electron chi connectivity index (χ4n) is 1.59. The molecule has 0 spiro atoms. The molecule has 0 aliphatic carbocycles. The van der Waals surface area contributed by atoms with Gasteiger partial charge < -0.3 is 9.64 Å². The number of nitrogens with zero attached hydrogens (tertiary/aromatic N) is 1. The number of rotatable bonds is 5. The standard InChI is InChI=1S/C13H15ClF3NO2/c1-9(10-5-3-4-6-11(10)14)18(2)12(19)7-20-8-13(15,16)17/h3-6,9H,7-8H2,1-2H3. The lowest BCUT2D eigenvalue weighted by Gasteiger charge is -2.26. The van der Waals surface area contributed by atoms with Gasteiger partial charge in [-0.3, -0.25) is 4.79 Å². The van der Waals surface area contributed by atoms with Crippen molar-refractivity contribution >= 4 is 17.5 Å². The van der Waals surface area contributed by atoms with Crippen LogP contribution in [-0.2, 0) is 9.53 Å². The Morgan fingerprint density at radius 3 is 2.55 bits per heavy atom. The lowest BCUT2D eigenvalue weighted by Crippen LogP contribution is -2.34. The van der Waals surface area contributed by atoms with Crippen molar-refractivity contribution in [3.8, 4) is 0 Å². The molecule has 0 bridgehead atoms. The van der Waals surface area contributed by atoms with E-state index in [2.05, 4.69) is 4.74 Å². The molecule has 112 valence electrons. The summed E-state index contributed by atoms with van der Waals surface area (Å²) in [6.07, 6.45) is -4.44. The largest absolute Gasteiger partial charge is 0.411 e. The van der Waals surface area contributed by atoms with Crippen LogP contribution < -0.4 is 0 Å². The van der Waals surface area contributed by atoms with Gasteiger partial charge >= 0.3 is 6.18 Å². The maximum absolute atomic E-state index is 11.9. The maximum Gasteiger partial charge on any atom is 0.411 e. The van der Waals surface area contributed by atoms with Gasteiger partial charge in [-0.25, -0.2) is 0 Å². The van der Waals surface area contributed by atoms with Crippen LogP contribution in [0.4, 0.5) is 13.2 Å². The summed E-state index contributed by atoms with van der Waals surface area (Å²) < 4.78 is 40.1. The summed E-state index contributed by atoms with van der Waals surface area (Å²) in [4.78, 5) is 13.0. The fourth-order valence-corrected chi connectivity index (χ4v) is 1.89. The minimum absolute atomic E-state index is 0.356. The number of alkyl halides is 3. The van der Waals surface area contributed by atoms with Gasteiger partial charge in [0, 0.05) is 12.1 Å². The minimum Gasteiger partial charge on any atom is -0.362 e. The monoisotopic (exact) mass is 309 g/mol. The van der Waals surface area contributed by atoms with E-state index in [1.807, 2.05) is 0 Å². The smallest absolute Gasteiger partial charge is 0.362 e. The molecule has 7 heteroatoms. The average molecular weight is 310 g/mol. The van der Waals surface area contributed by atoms with Crippen molar-refractivity contribution in [3.05, 3.63) is 34.9 Å². The van der Waals surface area contributed by atoms with Crippen molar-refractivity contribution < 1.29 is 22.7 Å². The Balaban J connectivity index is 2.59. The van der Waals surface area contributed by atoms with Gasteiger partial charge in [-0.1, -0.05) is 29.8 Å². The summed E-state index contributed by atoms with van der Waals surface area (Å²) in [5.74, 6) is -0.540. The van der Waals surface area contributed by atoms with E-state index in [0.717, 1.165) is 5.56 Å². The van der Waals surface area contributed by atoms with Crippen molar-refractivity contribution in [2.75, 3.05) is 20.3 Å². The molecule has 1 atom stereocenters. The molecule has 0 fully saturated rings. The Labute approximate surface area is 120 Å². The second kappa shape index (κ2) is 6.95. The molecule has 1 rings (SSSR count). The van der Waals surface area contributed by atoms with Crippen LogP contribution in [0.3, 0.4) is 0 Å². The third-order valence-electron chi connectivity index (χ3n) is 2.82. The van der Waals surface area contributed by atoms with Gasteiger partial charge in [-0.15, -0.1) is 0 Å². The van der Waals surface area contributed by atoms with E-state index in [-0.39, 0.29) is 6.04 Å². The summed E-state index contributed by atoms with van der Waals surface area (Å²) in [7, 11) is 1.49. The number of ether oxygens (including phenoxy) is 1. The summed E-state index contributed by atoms with van der Waals surface area (Å²) >= 11 is 6.01. The number of hydrogen-bond donors (Lipinski definition) is 0. The van der Waals surface area contributed by atoms with Crippen LogP contribution in [-0.4, -0.2) is 37.2 Å². The van der Waals surface area contributed by atoms with Crippen LogP contribution >= 0.6 is 11.6 Å². The molecule has 20 heavy (non-hydrogen) atoms. The minimum atomic E-state index is -4.44. The molecule has 1 aromatic rings. The zero-order valence-electron chi connectivity index (χ0n) is 11.1. The van der Waals surface area contributed by atoms with Crippen LogP contribution in [0.25, 0.3) is 0 Å². The van der Waals surface area contributed by atoms with Crippen molar-refractivity contribution in [1.82, 2.24) is 4.90 Å². The van der Waals surface area contributed by atoms with Crippen molar-refractivity contribution in [3.63, 3.8) is 0 Å². The van der Waals surface area contributed by atoms with Crippen LogP contribution in [0.5, 0.6) is 0 Å². The number of halogens is 4. The lowest BCUT2D eigenvalue weighted by molar-refractivity contribution is -0.178. The molecule has 3 nitrogen and oxygen atoms in total. The van der Waals surface area contributed by atoms with Gasteiger partial charge in [-0.2, -0.15) is 13.2 Å². The van der Waals surface area contributed by atoms with Crippen LogP contribution in [0.2, 0.25) is 5.02 Å². The highest BCUT2D eigenvalue weighted by atomic mass is 35.5. The zero-order valence-corrected chi connectivity index (χ0v) is 11.8. The highest BCUT2D eigenvalue weighted by molar-refractivity contribution is 6.31. The van der Waals surface area contributed by atoms with Gasteiger partial charge in [0.2, 0.25) is 5.91 Å². The van der Waals surface area contributed by atoms with Crippen molar-refractivity contribution in [2.24, 2.45) is 0 Å². The highest BCUT2D eigenvalue weighted by Gasteiger charge is 2.28. The topological polar surface area (TPSA) is 29.5 Å². The first-order valence-electron chi connectivity index (χ1n) is 5.87. The van der Waals surface area contributed by atoms with E-state index < -0.39 is 25.3 Å². The second-order valence-corrected chi connectivity index (χ2v) is 4.72. The third-order valence-corrected chi connectivity index (χ3v) is 3.17. The van der Waals surface area contributed by atoms with Crippen LogP contribution in [0.15, 0.2) is 24.3 Å². The zero-order chi connectivity index (χ0) is 15.3. The number of hydrogen-bond acceptors (Lipinski definition) is 2. The second-order valence-electron chi connectivity index (χ2n) is 4.31. The van der Waals surface area contributed by atoms with Gasteiger partial charge in [-0.05, 0) is 18.6 Å². The molecule has 0 N–H and O–H groups in total. The van der Waals surface area contributed by atoms with E-state index >= 15 is 0 Å². The first-order chi connectivity index (χ1) is 9.22. The average Bonchev–Trinajstić information content (AvgIpc) is 2.36. The Bertz CT molecular complexity index is 465. The molecule has 0 radical (unpaired) electrons. The van der Waals surface area contributed by atoms with Gasteiger partial charge in [0.1, 0.15) is 13.2 Å². The normalized spacial score (nSPS) is 13.1. The number of amides is 1. The predicted octanol–water partition coefficient (Wildman–Crippen LogP) is 3.44. The van der Waals surface area contributed by atoms with Crippen LogP contribution in [0.1, 0.15) is 18.5 Å². The molecule has 1 unspecified atom stereocenters. The lowest BCUT2D eigenvalue weighted by atomic mass is 10.1. The molecule has 1 aromatic carbocycles. The Morgan fingerprint density at radius 2 is 2.00 bits per heavy atom. The molecule has 0 aromatic heterocycles. The number of carbonyl (C=O) groups excluding carboxylic acids is 1. The number of benzene rings is 1. The quantitative estimate of drug-likeness (QED) is 0.834. The molecule has 1 amide bonds. The van der Waals surface area contributed by atoms with Crippen molar-refractivity contribution in [1.29, 1.82) is 0 Å². The van der Waals surface area contributed by atoms with E-state index in [1.54, 1.807) is 31.2 Å². The Morgan fingerprint density at radius 1 is 1.40 bits per heavy atom. The first-order valence-corrected chi connectivity index (χ1v) is 6.24. The first kappa shape index (κ1) is 16.8. The third kappa shape index (κ3) is 5.02. The Hall–Kier alpha value is -1.27. The molecule has 0 aliphatic rings. The molecule has 0 aliphatic heterocycles. The molecular weight excluding hydrogens is 295 g/mol. The molecular formula is C13H15ClF3NO2. The Kier molecular flexibility index (Phi) is 5.83. The molecule has 0 saturated heterocycles. The van der Waals surface area contributed by atoms with E-state index in [9.17, 15) is 18.0 Å². The molecule has 0 saturated carbocycles. The maximum atomic E-state index is 11.9. The van der Waals surface area contributed by atoms with E-state index in [0.29, 0.717) is 5.02 Å². The van der Waals surface area contributed by atoms with Gasteiger partial charge in [0.25, 0.3) is 0 Å². The van der Waals surface area contributed by atoms with Crippen molar-refractivity contribution in [2.45, 2.75) is 19.1 Å². The van der Waals surface area contributed by atoms with Crippen LogP contribution in [0, 0.1) is 0 Å².